The first-order valence-electron chi connectivity index (χ1n) is 17.9. The predicted molar refractivity (Wildman–Crippen MR) is 177 cm³/mol. The predicted octanol–water partition coefficient (Wildman–Crippen LogP) is 11.2. The number of unbranched alkanes of at least 4 members (excludes halogenated alkanes) is 21. The molecule has 1 N–H and O–H groups in total. The first-order valence-corrected chi connectivity index (χ1v) is 17.9. The molecule has 4 heteroatoms. The van der Waals surface area contributed by atoms with Crippen molar-refractivity contribution in [1.82, 2.24) is 0 Å². The van der Waals surface area contributed by atoms with Crippen molar-refractivity contribution in [1.29, 1.82) is 0 Å². The van der Waals surface area contributed by atoms with Crippen molar-refractivity contribution in [2.75, 3.05) is 19.8 Å². The molecule has 0 rings (SSSR count). The van der Waals surface area contributed by atoms with Crippen LogP contribution in [-0.4, -0.2) is 37.0 Å². The quantitative estimate of drug-likeness (QED) is 0.0478. The second kappa shape index (κ2) is 35.1. The maximum absolute atomic E-state index is 12.0. The number of carbonyl (C=O) groups is 1. The van der Waals surface area contributed by atoms with Crippen molar-refractivity contribution in [3.05, 3.63) is 24.3 Å². The molecule has 0 bridgehead atoms. The lowest BCUT2D eigenvalue weighted by molar-refractivity contribution is -0.149. The number of hydrogen-bond acceptors (Lipinski definition) is 4. The fourth-order valence-electron chi connectivity index (χ4n) is 5.04. The largest absolute Gasteiger partial charge is 0.463 e. The zero-order valence-corrected chi connectivity index (χ0v) is 27.6. The van der Waals surface area contributed by atoms with Gasteiger partial charge in [0.05, 0.1) is 6.61 Å². The molecule has 0 fully saturated rings. The summed E-state index contributed by atoms with van der Waals surface area (Å²) in [6.45, 7) is 5.20. The molecule has 41 heavy (non-hydrogen) atoms. The lowest BCUT2D eigenvalue weighted by Gasteiger charge is -2.15. The number of hydrogen-bond donors (Lipinski definition) is 1. The van der Waals surface area contributed by atoms with E-state index in [4.69, 9.17) is 9.47 Å². The Bertz CT molecular complexity index is 571. The van der Waals surface area contributed by atoms with Crippen molar-refractivity contribution < 1.29 is 19.4 Å². The van der Waals surface area contributed by atoms with Gasteiger partial charge in [-0.3, -0.25) is 4.79 Å². The molecule has 0 aromatic carbocycles. The Kier molecular flexibility index (Phi) is 34.1. The Morgan fingerprint density at radius 2 is 1.02 bits per heavy atom. The zero-order chi connectivity index (χ0) is 29.9. The lowest BCUT2D eigenvalue weighted by atomic mass is 10.0. The molecule has 242 valence electrons. The number of ether oxygens (including phenoxy) is 2. The first-order chi connectivity index (χ1) is 20.2. The van der Waals surface area contributed by atoms with Crippen LogP contribution in [0.25, 0.3) is 0 Å². The van der Waals surface area contributed by atoms with Crippen LogP contribution in [0.3, 0.4) is 0 Å². The molecule has 0 saturated heterocycles. The van der Waals surface area contributed by atoms with Gasteiger partial charge in [-0.05, 0) is 44.9 Å². The van der Waals surface area contributed by atoms with E-state index < -0.39 is 6.10 Å². The second-order valence-corrected chi connectivity index (χ2v) is 11.9. The van der Waals surface area contributed by atoms with Crippen LogP contribution in [0.2, 0.25) is 0 Å². The SMILES string of the molecule is CCCCCC=CCC=CCCCCCCCCOC(CO)COC(=O)CCCCCCCCCCCCCCC. The van der Waals surface area contributed by atoms with Gasteiger partial charge in [-0.15, -0.1) is 0 Å². The van der Waals surface area contributed by atoms with Gasteiger partial charge in [-0.2, -0.15) is 0 Å². The number of aliphatic hydroxyl groups excluding tert-OH is 1. The van der Waals surface area contributed by atoms with Crippen LogP contribution in [0.4, 0.5) is 0 Å². The highest BCUT2D eigenvalue weighted by atomic mass is 16.6. The Labute approximate surface area is 256 Å². The average Bonchev–Trinajstić information content (AvgIpc) is 2.98. The minimum absolute atomic E-state index is 0.103. The Morgan fingerprint density at radius 3 is 1.56 bits per heavy atom. The molecule has 0 amide bonds. The summed E-state index contributed by atoms with van der Waals surface area (Å²) in [5.41, 5.74) is 0. The van der Waals surface area contributed by atoms with Crippen LogP contribution >= 0.6 is 0 Å². The summed E-state index contributed by atoms with van der Waals surface area (Å²) in [5.74, 6) is -0.163. The normalized spacial score (nSPS) is 12.6. The van der Waals surface area contributed by atoms with E-state index in [1.165, 1.54) is 128 Å². The highest BCUT2D eigenvalue weighted by Crippen LogP contribution is 2.13. The maximum Gasteiger partial charge on any atom is 0.305 e. The minimum Gasteiger partial charge on any atom is -0.463 e. The average molecular weight is 579 g/mol. The van der Waals surface area contributed by atoms with E-state index in [1.807, 2.05) is 0 Å². The van der Waals surface area contributed by atoms with E-state index in [2.05, 4.69) is 38.2 Å². The highest BCUT2D eigenvalue weighted by Gasteiger charge is 2.11. The smallest absolute Gasteiger partial charge is 0.305 e. The van der Waals surface area contributed by atoms with Gasteiger partial charge in [-0.25, -0.2) is 0 Å². The van der Waals surface area contributed by atoms with Crippen molar-refractivity contribution in [3.63, 3.8) is 0 Å². The van der Waals surface area contributed by atoms with Gasteiger partial charge in [0.1, 0.15) is 12.7 Å². The Hall–Kier alpha value is -1.13. The zero-order valence-electron chi connectivity index (χ0n) is 27.6. The van der Waals surface area contributed by atoms with Crippen LogP contribution in [-0.2, 0) is 14.3 Å². The fourth-order valence-corrected chi connectivity index (χ4v) is 5.04. The van der Waals surface area contributed by atoms with Crippen LogP contribution < -0.4 is 0 Å². The van der Waals surface area contributed by atoms with Gasteiger partial charge in [-0.1, -0.05) is 154 Å². The number of aliphatic hydroxyl groups is 1. The van der Waals surface area contributed by atoms with Gasteiger partial charge >= 0.3 is 5.97 Å². The highest BCUT2D eigenvalue weighted by molar-refractivity contribution is 5.69. The van der Waals surface area contributed by atoms with Gasteiger partial charge < -0.3 is 14.6 Å². The number of carbonyl (C=O) groups excluding carboxylic acids is 1. The van der Waals surface area contributed by atoms with Crippen molar-refractivity contribution in [2.45, 2.75) is 187 Å². The molecular formula is C37H70O4. The maximum atomic E-state index is 12.0. The molecule has 1 atom stereocenters. The molecule has 0 heterocycles. The van der Waals surface area contributed by atoms with E-state index in [0.717, 1.165) is 32.1 Å². The molecule has 0 aliphatic rings. The third kappa shape index (κ3) is 33.2. The Morgan fingerprint density at radius 1 is 0.585 bits per heavy atom. The summed E-state index contributed by atoms with van der Waals surface area (Å²) in [4.78, 5) is 12.0. The summed E-state index contributed by atoms with van der Waals surface area (Å²) in [6.07, 6.45) is 40.8. The molecule has 0 radical (unpaired) electrons. The topological polar surface area (TPSA) is 55.8 Å². The van der Waals surface area contributed by atoms with Gasteiger partial charge in [0.15, 0.2) is 0 Å². The summed E-state index contributed by atoms with van der Waals surface area (Å²) < 4.78 is 11.1. The van der Waals surface area contributed by atoms with Crippen LogP contribution in [0.5, 0.6) is 0 Å². The second-order valence-electron chi connectivity index (χ2n) is 11.9. The number of allylic oxidation sites excluding steroid dienone is 4. The van der Waals surface area contributed by atoms with Crippen LogP contribution in [0.15, 0.2) is 24.3 Å². The van der Waals surface area contributed by atoms with Gasteiger partial charge in [0, 0.05) is 13.0 Å². The number of rotatable bonds is 33. The summed E-state index contributed by atoms with van der Waals surface area (Å²) in [7, 11) is 0. The molecule has 0 aromatic heterocycles. The molecule has 0 aliphatic carbocycles. The lowest BCUT2D eigenvalue weighted by Crippen LogP contribution is -2.26. The van der Waals surface area contributed by atoms with Crippen LogP contribution in [0, 0.1) is 0 Å². The summed E-state index contributed by atoms with van der Waals surface area (Å²) in [5, 5.41) is 9.55. The third-order valence-electron chi connectivity index (χ3n) is 7.82. The van der Waals surface area contributed by atoms with Crippen molar-refractivity contribution in [3.8, 4) is 0 Å². The van der Waals surface area contributed by atoms with Crippen LogP contribution in [0.1, 0.15) is 181 Å². The van der Waals surface area contributed by atoms with Crippen molar-refractivity contribution >= 4 is 5.97 Å². The first kappa shape index (κ1) is 39.9. The van der Waals surface area contributed by atoms with E-state index in [9.17, 15) is 9.90 Å². The van der Waals surface area contributed by atoms with Crippen molar-refractivity contribution in [2.24, 2.45) is 0 Å². The molecule has 4 nitrogen and oxygen atoms in total. The third-order valence-corrected chi connectivity index (χ3v) is 7.82. The van der Waals surface area contributed by atoms with E-state index in [-0.39, 0.29) is 19.2 Å². The minimum atomic E-state index is -0.399. The summed E-state index contributed by atoms with van der Waals surface area (Å²) >= 11 is 0. The standard InChI is InChI=1S/C37H70O4/c1-3-5-7-9-11-13-15-17-18-19-21-23-25-27-29-31-33-40-36(34-38)35-41-37(39)32-30-28-26-24-22-20-16-14-12-10-8-6-4-2/h11,13,17-18,36,38H,3-10,12,14-16,19-35H2,1-2H3. The Balaban J connectivity index is 3.45. The molecular weight excluding hydrogens is 508 g/mol. The monoisotopic (exact) mass is 579 g/mol. The van der Waals surface area contributed by atoms with Gasteiger partial charge in [0.25, 0.3) is 0 Å². The number of esters is 1. The summed E-state index contributed by atoms with van der Waals surface area (Å²) in [6, 6.07) is 0. The van der Waals surface area contributed by atoms with Gasteiger partial charge in [0.2, 0.25) is 0 Å². The van der Waals surface area contributed by atoms with E-state index in [1.54, 1.807) is 0 Å². The van der Waals surface area contributed by atoms with E-state index >= 15 is 0 Å². The molecule has 1 unspecified atom stereocenters. The van der Waals surface area contributed by atoms with E-state index in [0.29, 0.717) is 13.0 Å². The molecule has 0 saturated carbocycles. The molecule has 0 aromatic rings. The fraction of sp³-hybridized carbons (Fsp3) is 0.865. The molecule has 0 aliphatic heterocycles. The molecule has 0 spiro atoms.